The van der Waals surface area contributed by atoms with E-state index >= 15 is 0 Å². The quantitative estimate of drug-likeness (QED) is 0.638. The lowest BCUT2D eigenvalue weighted by Gasteiger charge is -2.02. The SMILES string of the molecule is Cc1ccc(I)c2ccccc12. The monoisotopic (exact) mass is 268 g/mol. The molecule has 0 amide bonds. The summed E-state index contributed by atoms with van der Waals surface area (Å²) in [6.07, 6.45) is 0. The van der Waals surface area contributed by atoms with Crippen LogP contribution in [0.3, 0.4) is 0 Å². The second-order valence-corrected chi connectivity index (χ2v) is 4.07. The summed E-state index contributed by atoms with van der Waals surface area (Å²) in [5.41, 5.74) is 1.35. The first-order valence-electron chi connectivity index (χ1n) is 3.93. The Hall–Kier alpha value is -0.570. The molecule has 0 bridgehead atoms. The third-order valence-electron chi connectivity index (χ3n) is 2.09. The van der Waals surface area contributed by atoms with Gasteiger partial charge in [0.2, 0.25) is 0 Å². The van der Waals surface area contributed by atoms with Gasteiger partial charge in [0.15, 0.2) is 0 Å². The van der Waals surface area contributed by atoms with Crippen molar-refractivity contribution < 1.29 is 0 Å². The van der Waals surface area contributed by atoms with Crippen LogP contribution in [-0.4, -0.2) is 0 Å². The van der Waals surface area contributed by atoms with E-state index in [0.717, 1.165) is 0 Å². The Labute approximate surface area is 85.7 Å². The largest absolute Gasteiger partial charge is 0.0616 e. The second-order valence-electron chi connectivity index (χ2n) is 2.91. The number of rotatable bonds is 0. The first-order valence-corrected chi connectivity index (χ1v) is 5.01. The molecule has 1 heteroatoms. The summed E-state index contributed by atoms with van der Waals surface area (Å²) in [4.78, 5) is 0. The molecule has 12 heavy (non-hydrogen) atoms. The fourth-order valence-corrected chi connectivity index (χ4v) is 2.06. The van der Waals surface area contributed by atoms with Gasteiger partial charge in [-0.15, -0.1) is 0 Å². The van der Waals surface area contributed by atoms with Gasteiger partial charge in [0, 0.05) is 3.57 Å². The van der Waals surface area contributed by atoms with Crippen LogP contribution in [0, 0.1) is 10.5 Å². The molecular weight excluding hydrogens is 259 g/mol. The van der Waals surface area contributed by atoms with E-state index in [1.165, 1.54) is 19.9 Å². The molecule has 0 fully saturated rings. The van der Waals surface area contributed by atoms with Crippen LogP contribution in [0.15, 0.2) is 36.4 Å². The molecule has 2 rings (SSSR count). The van der Waals surface area contributed by atoms with Gasteiger partial charge in [0.25, 0.3) is 0 Å². The van der Waals surface area contributed by atoms with E-state index in [-0.39, 0.29) is 0 Å². The summed E-state index contributed by atoms with van der Waals surface area (Å²) >= 11 is 2.37. The molecule has 0 spiro atoms. The van der Waals surface area contributed by atoms with Crippen LogP contribution < -0.4 is 0 Å². The Kier molecular flexibility index (Phi) is 2.05. The Morgan fingerprint density at radius 1 is 0.917 bits per heavy atom. The van der Waals surface area contributed by atoms with Crippen molar-refractivity contribution in [2.45, 2.75) is 6.92 Å². The highest BCUT2D eigenvalue weighted by Crippen LogP contribution is 2.22. The van der Waals surface area contributed by atoms with Crippen molar-refractivity contribution in [2.75, 3.05) is 0 Å². The lowest BCUT2D eigenvalue weighted by atomic mass is 10.1. The number of hydrogen-bond acceptors (Lipinski definition) is 0. The fourth-order valence-electron chi connectivity index (χ4n) is 1.41. The minimum atomic E-state index is 1.33. The van der Waals surface area contributed by atoms with Crippen LogP contribution in [0.5, 0.6) is 0 Å². The average Bonchev–Trinajstić information content (AvgIpc) is 2.12. The van der Waals surface area contributed by atoms with Gasteiger partial charge in [-0.05, 0) is 51.9 Å². The van der Waals surface area contributed by atoms with Crippen LogP contribution in [-0.2, 0) is 0 Å². The Bertz CT molecular complexity index is 378. The zero-order valence-electron chi connectivity index (χ0n) is 6.84. The van der Waals surface area contributed by atoms with E-state index in [4.69, 9.17) is 0 Å². The predicted octanol–water partition coefficient (Wildman–Crippen LogP) is 3.75. The van der Waals surface area contributed by atoms with Crippen molar-refractivity contribution in [1.29, 1.82) is 0 Å². The molecule has 0 radical (unpaired) electrons. The van der Waals surface area contributed by atoms with Crippen molar-refractivity contribution in [2.24, 2.45) is 0 Å². The average molecular weight is 268 g/mol. The smallest absolute Gasteiger partial charge is 0.0208 e. The standard InChI is InChI=1S/C11H9I/c1-8-6-7-11(12)10-5-3-2-4-9(8)10/h2-7H,1H3. The van der Waals surface area contributed by atoms with Gasteiger partial charge in [0.1, 0.15) is 0 Å². The molecule has 0 atom stereocenters. The summed E-state index contributed by atoms with van der Waals surface area (Å²) in [5.74, 6) is 0. The third-order valence-corrected chi connectivity index (χ3v) is 3.03. The van der Waals surface area contributed by atoms with E-state index in [2.05, 4.69) is 65.9 Å². The molecule has 0 heterocycles. The van der Waals surface area contributed by atoms with Gasteiger partial charge >= 0.3 is 0 Å². The molecule has 0 aliphatic heterocycles. The van der Waals surface area contributed by atoms with Crippen LogP contribution in [0.25, 0.3) is 10.8 Å². The predicted molar refractivity (Wildman–Crippen MR) is 61.4 cm³/mol. The highest BCUT2D eigenvalue weighted by atomic mass is 127. The summed E-state index contributed by atoms with van der Waals surface area (Å²) in [5, 5.41) is 2.72. The Balaban J connectivity index is 2.95. The van der Waals surface area contributed by atoms with Crippen molar-refractivity contribution in [3.63, 3.8) is 0 Å². The molecule has 2 aromatic carbocycles. The van der Waals surface area contributed by atoms with E-state index in [0.29, 0.717) is 0 Å². The summed E-state index contributed by atoms with van der Waals surface area (Å²) in [7, 11) is 0. The minimum absolute atomic E-state index is 1.33. The number of aryl methyl sites for hydroxylation is 1. The van der Waals surface area contributed by atoms with Gasteiger partial charge < -0.3 is 0 Å². The number of halogens is 1. The lowest BCUT2D eigenvalue weighted by Crippen LogP contribution is -1.80. The number of hydrogen-bond donors (Lipinski definition) is 0. The molecular formula is C11H9I. The highest BCUT2D eigenvalue weighted by Gasteiger charge is 1.98. The van der Waals surface area contributed by atoms with E-state index in [1.807, 2.05) is 0 Å². The summed E-state index contributed by atoms with van der Waals surface area (Å²) < 4.78 is 1.33. The van der Waals surface area contributed by atoms with Crippen molar-refractivity contribution in [3.8, 4) is 0 Å². The zero-order chi connectivity index (χ0) is 8.55. The first-order chi connectivity index (χ1) is 5.79. The molecule has 2 aromatic rings. The topological polar surface area (TPSA) is 0 Å². The van der Waals surface area contributed by atoms with E-state index in [9.17, 15) is 0 Å². The maximum Gasteiger partial charge on any atom is 0.0208 e. The molecule has 0 N–H and O–H groups in total. The maximum absolute atomic E-state index is 2.37. The van der Waals surface area contributed by atoms with Gasteiger partial charge in [-0.3, -0.25) is 0 Å². The Morgan fingerprint density at radius 2 is 1.58 bits per heavy atom. The van der Waals surface area contributed by atoms with Crippen LogP contribution in [0.4, 0.5) is 0 Å². The van der Waals surface area contributed by atoms with E-state index < -0.39 is 0 Å². The normalized spacial score (nSPS) is 10.5. The third kappa shape index (κ3) is 1.22. The van der Waals surface area contributed by atoms with Crippen molar-refractivity contribution in [1.82, 2.24) is 0 Å². The molecule has 0 saturated heterocycles. The van der Waals surface area contributed by atoms with Gasteiger partial charge in [-0.25, -0.2) is 0 Å². The number of fused-ring (bicyclic) bond motifs is 1. The summed E-state index contributed by atoms with van der Waals surface area (Å²) in [6, 6.07) is 12.9. The van der Waals surface area contributed by atoms with Gasteiger partial charge in [0.05, 0.1) is 0 Å². The molecule has 0 aliphatic rings. The van der Waals surface area contributed by atoms with Gasteiger partial charge in [-0.1, -0.05) is 30.3 Å². The maximum atomic E-state index is 2.37. The molecule has 0 unspecified atom stereocenters. The Morgan fingerprint density at radius 3 is 2.25 bits per heavy atom. The number of benzene rings is 2. The van der Waals surface area contributed by atoms with Crippen LogP contribution >= 0.6 is 22.6 Å². The minimum Gasteiger partial charge on any atom is -0.0616 e. The van der Waals surface area contributed by atoms with E-state index in [1.54, 1.807) is 0 Å². The molecule has 60 valence electrons. The molecule has 0 saturated carbocycles. The van der Waals surface area contributed by atoms with Crippen LogP contribution in [0.1, 0.15) is 5.56 Å². The van der Waals surface area contributed by atoms with Crippen molar-refractivity contribution in [3.05, 3.63) is 45.5 Å². The molecule has 0 aliphatic carbocycles. The van der Waals surface area contributed by atoms with Gasteiger partial charge in [-0.2, -0.15) is 0 Å². The molecule has 0 nitrogen and oxygen atoms in total. The van der Waals surface area contributed by atoms with Crippen LogP contribution in [0.2, 0.25) is 0 Å². The summed E-state index contributed by atoms with van der Waals surface area (Å²) in [6.45, 7) is 2.15. The fraction of sp³-hybridized carbons (Fsp3) is 0.0909. The highest BCUT2D eigenvalue weighted by molar-refractivity contribution is 14.1. The molecule has 0 aromatic heterocycles. The lowest BCUT2D eigenvalue weighted by molar-refractivity contribution is 1.52. The van der Waals surface area contributed by atoms with Crippen molar-refractivity contribution >= 4 is 33.4 Å². The second kappa shape index (κ2) is 3.05. The first kappa shape index (κ1) is 8.05. The zero-order valence-corrected chi connectivity index (χ0v) is 9.00.